The van der Waals surface area contributed by atoms with Crippen molar-refractivity contribution >= 4 is 23.6 Å². The van der Waals surface area contributed by atoms with Crippen LogP contribution in [0, 0.1) is 0 Å². The quantitative estimate of drug-likeness (QED) is 0.527. The third kappa shape index (κ3) is 3.97. The topological polar surface area (TPSA) is 37.4 Å². The third-order valence-corrected chi connectivity index (χ3v) is 5.57. The average Bonchev–Trinajstić information content (AvgIpc) is 2.55. The van der Waals surface area contributed by atoms with E-state index in [0.29, 0.717) is 12.1 Å². The molecule has 23 heavy (non-hydrogen) atoms. The second-order valence-electron chi connectivity index (χ2n) is 6.61. The van der Waals surface area contributed by atoms with E-state index in [2.05, 4.69) is 6.92 Å². The Morgan fingerprint density at radius 1 is 1.04 bits per heavy atom. The fourth-order valence-electron chi connectivity index (χ4n) is 2.93. The van der Waals surface area contributed by atoms with Crippen LogP contribution in [0.4, 0.5) is 0 Å². The standard InChI is InChI=1S/C19H27NO2S/c1-4-5-13-23-14-9-8-12-20-17(21)15-10-6-7-11-16(15)19(2,3)18(20)22/h6-7,10-11H,4-5,8-9,12-14H2,1-3H3. The molecule has 1 heterocycles. The van der Waals surface area contributed by atoms with Gasteiger partial charge >= 0.3 is 0 Å². The molecule has 0 aromatic heterocycles. The zero-order valence-electron chi connectivity index (χ0n) is 14.4. The molecular formula is C19H27NO2S. The molecule has 0 N–H and O–H groups in total. The van der Waals surface area contributed by atoms with Gasteiger partial charge in [0, 0.05) is 12.1 Å². The van der Waals surface area contributed by atoms with Crippen LogP contribution in [0.25, 0.3) is 0 Å². The van der Waals surface area contributed by atoms with E-state index in [1.807, 2.05) is 49.9 Å². The Balaban J connectivity index is 1.95. The summed E-state index contributed by atoms with van der Waals surface area (Å²) in [5, 5.41) is 0. The van der Waals surface area contributed by atoms with Gasteiger partial charge in [0.2, 0.25) is 5.91 Å². The van der Waals surface area contributed by atoms with Gasteiger partial charge in [0.15, 0.2) is 0 Å². The van der Waals surface area contributed by atoms with E-state index in [9.17, 15) is 9.59 Å². The molecular weight excluding hydrogens is 306 g/mol. The van der Waals surface area contributed by atoms with Crippen LogP contribution in [0.3, 0.4) is 0 Å². The minimum atomic E-state index is -0.625. The zero-order valence-corrected chi connectivity index (χ0v) is 15.2. The second-order valence-corrected chi connectivity index (χ2v) is 7.83. The molecule has 0 saturated carbocycles. The number of benzene rings is 1. The van der Waals surface area contributed by atoms with Crippen molar-refractivity contribution < 1.29 is 9.59 Å². The van der Waals surface area contributed by atoms with E-state index in [1.165, 1.54) is 23.5 Å². The second kappa shape index (κ2) is 8.00. The van der Waals surface area contributed by atoms with Crippen molar-refractivity contribution in [1.29, 1.82) is 0 Å². The summed E-state index contributed by atoms with van der Waals surface area (Å²) < 4.78 is 0. The Morgan fingerprint density at radius 3 is 2.48 bits per heavy atom. The van der Waals surface area contributed by atoms with Gasteiger partial charge in [-0.25, -0.2) is 0 Å². The van der Waals surface area contributed by atoms with Crippen molar-refractivity contribution in [3.05, 3.63) is 35.4 Å². The number of unbranched alkanes of at least 4 members (excludes halogenated alkanes) is 2. The van der Waals surface area contributed by atoms with Crippen LogP contribution >= 0.6 is 11.8 Å². The van der Waals surface area contributed by atoms with E-state index in [1.54, 1.807) is 0 Å². The predicted octanol–water partition coefficient (Wildman–Crippen LogP) is 4.26. The Hall–Kier alpha value is -1.29. The van der Waals surface area contributed by atoms with Gasteiger partial charge in [0.1, 0.15) is 0 Å². The zero-order chi connectivity index (χ0) is 16.9. The molecule has 0 saturated heterocycles. The number of rotatable bonds is 8. The lowest BCUT2D eigenvalue weighted by atomic mass is 9.77. The molecule has 0 bridgehead atoms. The summed E-state index contributed by atoms with van der Waals surface area (Å²) in [6.45, 7) is 6.56. The smallest absolute Gasteiger partial charge is 0.260 e. The monoisotopic (exact) mass is 333 g/mol. The molecule has 126 valence electrons. The van der Waals surface area contributed by atoms with Gasteiger partial charge in [0.25, 0.3) is 5.91 Å². The maximum absolute atomic E-state index is 12.7. The first-order valence-corrected chi connectivity index (χ1v) is 9.69. The molecule has 2 amide bonds. The van der Waals surface area contributed by atoms with Crippen molar-refractivity contribution in [2.75, 3.05) is 18.1 Å². The molecule has 1 aromatic rings. The maximum Gasteiger partial charge on any atom is 0.260 e. The van der Waals surface area contributed by atoms with E-state index < -0.39 is 5.41 Å². The number of amides is 2. The number of carbonyl (C=O) groups is 2. The van der Waals surface area contributed by atoms with Crippen molar-refractivity contribution in [3.8, 4) is 0 Å². The summed E-state index contributed by atoms with van der Waals surface area (Å²) in [7, 11) is 0. The van der Waals surface area contributed by atoms with Gasteiger partial charge in [-0.2, -0.15) is 11.8 Å². The summed E-state index contributed by atoms with van der Waals surface area (Å²) in [4.78, 5) is 26.8. The molecule has 0 spiro atoms. The molecule has 0 aliphatic carbocycles. The van der Waals surface area contributed by atoms with Crippen LogP contribution in [-0.2, 0) is 10.2 Å². The summed E-state index contributed by atoms with van der Waals surface area (Å²) in [5.41, 5.74) is 0.899. The summed E-state index contributed by atoms with van der Waals surface area (Å²) >= 11 is 1.97. The first-order valence-electron chi connectivity index (χ1n) is 8.53. The molecule has 2 rings (SSSR count). The van der Waals surface area contributed by atoms with Gasteiger partial charge in [0.05, 0.1) is 5.41 Å². The molecule has 0 atom stereocenters. The minimum Gasteiger partial charge on any atom is -0.278 e. The first-order chi connectivity index (χ1) is 11.0. The number of hydrogen-bond acceptors (Lipinski definition) is 3. The van der Waals surface area contributed by atoms with Crippen LogP contribution in [0.2, 0.25) is 0 Å². The summed E-state index contributed by atoms with van der Waals surface area (Å²) in [5.74, 6) is 2.11. The lowest BCUT2D eigenvalue weighted by molar-refractivity contribution is -0.134. The van der Waals surface area contributed by atoms with Crippen LogP contribution in [-0.4, -0.2) is 34.8 Å². The van der Waals surface area contributed by atoms with Gasteiger partial charge in [-0.05, 0) is 56.2 Å². The molecule has 1 aliphatic rings. The van der Waals surface area contributed by atoms with Crippen molar-refractivity contribution in [2.24, 2.45) is 0 Å². The Morgan fingerprint density at radius 2 is 1.74 bits per heavy atom. The normalized spacial score (nSPS) is 16.6. The maximum atomic E-state index is 12.7. The highest BCUT2D eigenvalue weighted by Gasteiger charge is 2.43. The fourth-order valence-corrected chi connectivity index (χ4v) is 4.04. The van der Waals surface area contributed by atoms with E-state index in [-0.39, 0.29) is 11.8 Å². The number of carbonyl (C=O) groups excluding carboxylic acids is 2. The molecule has 4 heteroatoms. The van der Waals surface area contributed by atoms with Gasteiger partial charge < -0.3 is 0 Å². The van der Waals surface area contributed by atoms with Crippen LogP contribution in [0.1, 0.15) is 62.4 Å². The van der Waals surface area contributed by atoms with Crippen LogP contribution < -0.4 is 0 Å². The van der Waals surface area contributed by atoms with Crippen LogP contribution in [0.15, 0.2) is 24.3 Å². The lowest BCUT2D eigenvalue weighted by Gasteiger charge is -2.37. The largest absolute Gasteiger partial charge is 0.278 e. The number of imide groups is 1. The summed E-state index contributed by atoms with van der Waals surface area (Å²) in [6.07, 6.45) is 4.43. The number of thioether (sulfide) groups is 1. The third-order valence-electron chi connectivity index (χ3n) is 4.42. The average molecular weight is 333 g/mol. The van der Waals surface area contributed by atoms with E-state index in [4.69, 9.17) is 0 Å². The Kier molecular flexibility index (Phi) is 6.28. The van der Waals surface area contributed by atoms with Crippen LogP contribution in [0.5, 0.6) is 0 Å². The molecule has 0 radical (unpaired) electrons. The number of nitrogens with zero attached hydrogens (tertiary/aromatic N) is 1. The SMILES string of the molecule is CCCCSCCCCN1C(=O)c2ccccc2C(C)(C)C1=O. The van der Waals surface area contributed by atoms with E-state index >= 15 is 0 Å². The fraction of sp³-hybridized carbons (Fsp3) is 0.579. The molecule has 3 nitrogen and oxygen atoms in total. The summed E-state index contributed by atoms with van der Waals surface area (Å²) in [6, 6.07) is 7.49. The molecule has 0 unspecified atom stereocenters. The Bertz CT molecular complexity index is 568. The number of fused-ring (bicyclic) bond motifs is 1. The van der Waals surface area contributed by atoms with Crippen molar-refractivity contribution in [2.45, 2.75) is 51.9 Å². The highest BCUT2D eigenvalue weighted by atomic mass is 32.2. The molecule has 1 aliphatic heterocycles. The highest BCUT2D eigenvalue weighted by Crippen LogP contribution is 2.34. The van der Waals surface area contributed by atoms with Gasteiger partial charge in [-0.3, -0.25) is 14.5 Å². The van der Waals surface area contributed by atoms with Crippen molar-refractivity contribution in [3.63, 3.8) is 0 Å². The van der Waals surface area contributed by atoms with Gasteiger partial charge in [-0.1, -0.05) is 31.5 Å². The highest BCUT2D eigenvalue weighted by molar-refractivity contribution is 7.99. The first kappa shape index (κ1) is 18.1. The Labute approximate surface area is 143 Å². The predicted molar refractivity (Wildman–Crippen MR) is 97.0 cm³/mol. The van der Waals surface area contributed by atoms with E-state index in [0.717, 1.165) is 24.2 Å². The lowest BCUT2D eigenvalue weighted by Crippen LogP contribution is -2.52. The molecule has 1 aromatic carbocycles. The van der Waals surface area contributed by atoms with Crippen molar-refractivity contribution in [1.82, 2.24) is 4.90 Å². The number of hydrogen-bond donors (Lipinski definition) is 0. The molecule has 0 fully saturated rings. The minimum absolute atomic E-state index is 0.0696. The van der Waals surface area contributed by atoms with Gasteiger partial charge in [-0.15, -0.1) is 0 Å².